The minimum atomic E-state index is -3.59. The van der Waals surface area contributed by atoms with Gasteiger partial charge in [0.25, 0.3) is 10.0 Å². The van der Waals surface area contributed by atoms with Gasteiger partial charge in [-0.05, 0) is 43.3 Å². The number of nitrogen functional groups attached to an aromatic ring is 1. The van der Waals surface area contributed by atoms with E-state index in [1.54, 1.807) is 24.3 Å². The first-order valence-electron chi connectivity index (χ1n) is 5.28. The molecule has 6 heteroatoms. The van der Waals surface area contributed by atoms with Gasteiger partial charge in [-0.15, -0.1) is 0 Å². The summed E-state index contributed by atoms with van der Waals surface area (Å²) in [6.07, 6.45) is 1.48. The topological polar surface area (TPSA) is 85.1 Å². The Hall–Kier alpha value is -2.08. The second-order valence-electron chi connectivity index (χ2n) is 3.86. The van der Waals surface area contributed by atoms with E-state index in [4.69, 9.17) is 5.73 Å². The van der Waals surface area contributed by atoms with Gasteiger partial charge in [0.05, 0.1) is 16.8 Å². The van der Waals surface area contributed by atoms with E-state index >= 15 is 0 Å². The van der Waals surface area contributed by atoms with Gasteiger partial charge in [-0.3, -0.25) is 9.71 Å². The number of sulfonamides is 1. The van der Waals surface area contributed by atoms with Crippen molar-refractivity contribution in [1.82, 2.24) is 4.98 Å². The molecule has 3 N–H and O–H groups in total. The molecule has 0 saturated heterocycles. The lowest BCUT2D eigenvalue weighted by molar-refractivity contribution is 0.601. The number of benzene rings is 1. The molecule has 0 aliphatic heterocycles. The van der Waals surface area contributed by atoms with E-state index in [1.807, 2.05) is 6.92 Å². The third-order valence-corrected chi connectivity index (χ3v) is 3.75. The molecule has 5 nitrogen and oxygen atoms in total. The van der Waals surface area contributed by atoms with E-state index in [1.165, 1.54) is 18.3 Å². The van der Waals surface area contributed by atoms with Gasteiger partial charge in [0, 0.05) is 11.4 Å². The highest BCUT2D eigenvalue weighted by Crippen LogP contribution is 2.16. The minimum Gasteiger partial charge on any atom is -0.399 e. The molecule has 94 valence electrons. The van der Waals surface area contributed by atoms with Crippen molar-refractivity contribution >= 4 is 21.4 Å². The number of nitrogens with two attached hydrogens (primary N) is 1. The minimum absolute atomic E-state index is 0.164. The van der Waals surface area contributed by atoms with E-state index in [-0.39, 0.29) is 4.90 Å². The van der Waals surface area contributed by atoms with Crippen LogP contribution in [0.15, 0.2) is 47.5 Å². The van der Waals surface area contributed by atoms with Crippen LogP contribution in [-0.4, -0.2) is 13.4 Å². The number of hydrogen-bond donors (Lipinski definition) is 2. The molecule has 1 heterocycles. The van der Waals surface area contributed by atoms with Crippen LogP contribution in [0.5, 0.6) is 0 Å². The molecule has 1 aromatic heterocycles. The zero-order valence-corrected chi connectivity index (χ0v) is 10.6. The Morgan fingerprint density at radius 2 is 1.78 bits per heavy atom. The molecule has 2 rings (SSSR count). The molecule has 18 heavy (non-hydrogen) atoms. The molecule has 0 spiro atoms. The molecule has 0 fully saturated rings. The van der Waals surface area contributed by atoms with Crippen molar-refractivity contribution in [3.63, 3.8) is 0 Å². The SMILES string of the molecule is Cc1ccc(NS(=O)(=O)c2ccc(N)cc2)cn1. The maximum atomic E-state index is 12.0. The van der Waals surface area contributed by atoms with Gasteiger partial charge < -0.3 is 5.73 Å². The van der Waals surface area contributed by atoms with Gasteiger partial charge in [-0.25, -0.2) is 8.42 Å². The zero-order chi connectivity index (χ0) is 13.2. The van der Waals surface area contributed by atoms with E-state index in [9.17, 15) is 8.42 Å². The summed E-state index contributed by atoms with van der Waals surface area (Å²) in [6.45, 7) is 1.83. The summed E-state index contributed by atoms with van der Waals surface area (Å²) in [5.74, 6) is 0. The maximum Gasteiger partial charge on any atom is 0.261 e. The highest BCUT2D eigenvalue weighted by atomic mass is 32.2. The highest BCUT2D eigenvalue weighted by molar-refractivity contribution is 7.92. The monoisotopic (exact) mass is 263 g/mol. The van der Waals surface area contributed by atoms with Crippen molar-refractivity contribution in [2.24, 2.45) is 0 Å². The number of nitrogens with zero attached hydrogens (tertiary/aromatic N) is 1. The Labute approximate surface area is 106 Å². The van der Waals surface area contributed by atoms with Crippen molar-refractivity contribution in [3.05, 3.63) is 48.3 Å². The summed E-state index contributed by atoms with van der Waals surface area (Å²) < 4.78 is 26.5. The number of aromatic nitrogens is 1. The van der Waals surface area contributed by atoms with Crippen LogP contribution in [0.4, 0.5) is 11.4 Å². The normalized spacial score (nSPS) is 11.2. The molecule has 0 bridgehead atoms. The van der Waals surface area contributed by atoms with E-state index in [0.29, 0.717) is 11.4 Å². The summed E-state index contributed by atoms with van der Waals surface area (Å²) in [4.78, 5) is 4.19. The summed E-state index contributed by atoms with van der Waals surface area (Å²) in [7, 11) is -3.59. The van der Waals surface area contributed by atoms with E-state index < -0.39 is 10.0 Å². The first-order chi connectivity index (χ1) is 8.47. The third kappa shape index (κ3) is 2.78. The van der Waals surface area contributed by atoms with Crippen LogP contribution in [0, 0.1) is 6.92 Å². The van der Waals surface area contributed by atoms with Gasteiger partial charge in [0.15, 0.2) is 0 Å². The van der Waals surface area contributed by atoms with Crippen LogP contribution in [0.25, 0.3) is 0 Å². The fourth-order valence-corrected chi connectivity index (χ4v) is 2.43. The highest BCUT2D eigenvalue weighted by Gasteiger charge is 2.13. The average Bonchev–Trinajstić information content (AvgIpc) is 2.32. The third-order valence-electron chi connectivity index (χ3n) is 2.35. The standard InChI is InChI=1S/C12H13N3O2S/c1-9-2-5-11(8-14-9)15-18(16,17)12-6-3-10(13)4-7-12/h2-8,15H,13H2,1H3. The smallest absolute Gasteiger partial charge is 0.261 e. The lowest BCUT2D eigenvalue weighted by Gasteiger charge is -2.08. The van der Waals surface area contributed by atoms with Crippen LogP contribution < -0.4 is 10.5 Å². The second kappa shape index (κ2) is 4.66. The first-order valence-corrected chi connectivity index (χ1v) is 6.77. The van der Waals surface area contributed by atoms with Crippen molar-refractivity contribution in [3.8, 4) is 0 Å². The summed E-state index contributed by atoms with van der Waals surface area (Å²) in [6, 6.07) is 9.40. The lowest BCUT2D eigenvalue weighted by Crippen LogP contribution is -2.13. The Balaban J connectivity index is 2.27. The molecule has 0 saturated carbocycles. The molecule has 2 aromatic rings. The number of hydrogen-bond acceptors (Lipinski definition) is 4. The molecule has 1 aromatic carbocycles. The Kier molecular flexibility index (Phi) is 3.20. The van der Waals surface area contributed by atoms with Crippen LogP contribution in [0.2, 0.25) is 0 Å². The largest absolute Gasteiger partial charge is 0.399 e. The molecule has 0 amide bonds. The average molecular weight is 263 g/mol. The predicted octanol–water partition coefficient (Wildman–Crippen LogP) is 1.77. The fraction of sp³-hybridized carbons (Fsp3) is 0.0833. The Bertz CT molecular complexity index is 634. The molecular weight excluding hydrogens is 250 g/mol. The van der Waals surface area contributed by atoms with E-state index in [0.717, 1.165) is 5.69 Å². The maximum absolute atomic E-state index is 12.0. The van der Waals surface area contributed by atoms with Gasteiger partial charge >= 0.3 is 0 Å². The fourth-order valence-electron chi connectivity index (χ4n) is 1.39. The lowest BCUT2D eigenvalue weighted by atomic mass is 10.3. The Morgan fingerprint density at radius 3 is 2.33 bits per heavy atom. The second-order valence-corrected chi connectivity index (χ2v) is 5.55. The molecular formula is C12H13N3O2S. The first kappa shape index (κ1) is 12.4. The number of pyridine rings is 1. The van der Waals surface area contributed by atoms with Crippen molar-refractivity contribution in [2.75, 3.05) is 10.5 Å². The number of aryl methyl sites for hydroxylation is 1. The molecule has 0 aliphatic rings. The Morgan fingerprint density at radius 1 is 1.11 bits per heavy atom. The van der Waals surface area contributed by atoms with Gasteiger partial charge in [-0.1, -0.05) is 0 Å². The number of anilines is 2. The zero-order valence-electron chi connectivity index (χ0n) is 9.79. The summed E-state index contributed by atoms with van der Waals surface area (Å²) >= 11 is 0. The van der Waals surface area contributed by atoms with Gasteiger partial charge in [-0.2, -0.15) is 0 Å². The number of nitrogens with one attached hydrogen (secondary N) is 1. The van der Waals surface area contributed by atoms with Crippen LogP contribution in [0.1, 0.15) is 5.69 Å². The predicted molar refractivity (Wildman–Crippen MR) is 70.6 cm³/mol. The molecule has 0 atom stereocenters. The molecule has 0 aliphatic carbocycles. The number of rotatable bonds is 3. The summed E-state index contributed by atoms with van der Waals surface area (Å²) in [5, 5.41) is 0. The van der Waals surface area contributed by atoms with Gasteiger partial charge in [0.2, 0.25) is 0 Å². The molecule has 0 unspecified atom stereocenters. The van der Waals surface area contributed by atoms with E-state index in [2.05, 4.69) is 9.71 Å². The summed E-state index contributed by atoms with van der Waals surface area (Å²) in [5.41, 5.74) is 7.29. The van der Waals surface area contributed by atoms with Crippen LogP contribution in [-0.2, 0) is 10.0 Å². The quantitative estimate of drug-likeness (QED) is 0.826. The molecule has 0 radical (unpaired) electrons. The van der Waals surface area contributed by atoms with Crippen LogP contribution in [0.3, 0.4) is 0 Å². The van der Waals surface area contributed by atoms with Crippen molar-refractivity contribution in [1.29, 1.82) is 0 Å². The van der Waals surface area contributed by atoms with Crippen molar-refractivity contribution in [2.45, 2.75) is 11.8 Å². The van der Waals surface area contributed by atoms with Gasteiger partial charge in [0.1, 0.15) is 0 Å². The van der Waals surface area contributed by atoms with Crippen LogP contribution >= 0.6 is 0 Å². The van der Waals surface area contributed by atoms with Crippen molar-refractivity contribution < 1.29 is 8.42 Å².